The average molecular weight is 292 g/mol. The van der Waals surface area contributed by atoms with Crippen LogP contribution in [-0.2, 0) is 14.4 Å². The van der Waals surface area contributed by atoms with Crippen LogP contribution in [0.2, 0.25) is 0 Å². The fourth-order valence-electron chi connectivity index (χ4n) is 1.82. The first kappa shape index (κ1) is 16.7. The molecule has 0 aliphatic carbocycles. The van der Waals surface area contributed by atoms with Crippen LogP contribution in [-0.4, -0.2) is 28.9 Å². The molecule has 0 aliphatic heterocycles. The molecule has 6 nitrogen and oxygen atoms in total. The van der Waals surface area contributed by atoms with E-state index >= 15 is 0 Å². The van der Waals surface area contributed by atoms with Gasteiger partial charge < -0.3 is 15.7 Å². The van der Waals surface area contributed by atoms with E-state index in [-0.39, 0.29) is 18.7 Å². The molecular weight excluding hydrogens is 272 g/mol. The summed E-state index contributed by atoms with van der Waals surface area (Å²) in [6.45, 7) is 5.16. The highest BCUT2D eigenvalue weighted by Crippen LogP contribution is 2.19. The molecule has 114 valence electrons. The lowest BCUT2D eigenvalue weighted by atomic mass is 10.1. The predicted molar refractivity (Wildman–Crippen MR) is 79.0 cm³/mol. The van der Waals surface area contributed by atoms with Crippen molar-refractivity contribution >= 4 is 23.5 Å². The summed E-state index contributed by atoms with van der Waals surface area (Å²) in [5, 5.41) is 13.7. The fourth-order valence-corrected chi connectivity index (χ4v) is 1.82. The Hall–Kier alpha value is -2.37. The molecule has 1 atom stereocenters. The zero-order chi connectivity index (χ0) is 16.0. The molecule has 0 heterocycles. The lowest BCUT2D eigenvalue weighted by Crippen LogP contribution is -2.38. The highest BCUT2D eigenvalue weighted by Gasteiger charge is 2.15. The normalized spacial score (nSPS) is 11.6. The van der Waals surface area contributed by atoms with E-state index in [0.717, 1.165) is 16.8 Å². The molecule has 0 bridgehead atoms. The van der Waals surface area contributed by atoms with Crippen LogP contribution >= 0.6 is 0 Å². The number of aliphatic carboxylic acids is 1. The third-order valence-corrected chi connectivity index (χ3v) is 3.07. The first-order valence-corrected chi connectivity index (χ1v) is 6.69. The highest BCUT2D eigenvalue weighted by molar-refractivity contribution is 5.94. The van der Waals surface area contributed by atoms with Crippen LogP contribution in [0.25, 0.3) is 0 Å². The van der Waals surface area contributed by atoms with E-state index < -0.39 is 17.9 Å². The minimum absolute atomic E-state index is 0.00590. The van der Waals surface area contributed by atoms with Gasteiger partial charge >= 0.3 is 5.97 Å². The summed E-state index contributed by atoms with van der Waals surface area (Å²) < 4.78 is 0. The van der Waals surface area contributed by atoms with Crippen molar-refractivity contribution in [3.8, 4) is 0 Å². The van der Waals surface area contributed by atoms with Crippen molar-refractivity contribution < 1.29 is 19.5 Å². The van der Waals surface area contributed by atoms with E-state index in [0.29, 0.717) is 0 Å². The molecule has 0 saturated carbocycles. The van der Waals surface area contributed by atoms with Gasteiger partial charge in [-0.1, -0.05) is 18.2 Å². The number of anilines is 1. The van der Waals surface area contributed by atoms with Crippen LogP contribution in [0.1, 0.15) is 30.9 Å². The van der Waals surface area contributed by atoms with E-state index in [1.165, 1.54) is 6.92 Å². The second-order valence-corrected chi connectivity index (χ2v) is 4.94. The van der Waals surface area contributed by atoms with Gasteiger partial charge in [0, 0.05) is 18.5 Å². The number of hydrogen-bond acceptors (Lipinski definition) is 3. The maximum atomic E-state index is 11.8. The molecule has 0 fully saturated rings. The third kappa shape index (κ3) is 5.25. The van der Waals surface area contributed by atoms with Crippen molar-refractivity contribution in [1.82, 2.24) is 5.32 Å². The summed E-state index contributed by atoms with van der Waals surface area (Å²) in [5.74, 6) is -1.84. The number of aryl methyl sites for hydroxylation is 2. The Morgan fingerprint density at radius 2 is 1.62 bits per heavy atom. The minimum Gasteiger partial charge on any atom is -0.480 e. The standard InChI is InChI=1S/C15H20N2O4/c1-9-5-4-6-10(2)14(9)17-13(19)8-7-12(18)16-11(3)15(20)21/h4-6,11H,7-8H2,1-3H3,(H,16,18)(H,17,19)(H,20,21). The van der Waals surface area contributed by atoms with Gasteiger partial charge in [0.05, 0.1) is 0 Å². The maximum Gasteiger partial charge on any atom is 0.325 e. The number of carbonyl (C=O) groups is 3. The molecule has 1 unspecified atom stereocenters. The Balaban J connectivity index is 2.48. The van der Waals surface area contributed by atoms with Crippen LogP contribution in [0.5, 0.6) is 0 Å². The summed E-state index contributed by atoms with van der Waals surface area (Å²) in [7, 11) is 0. The van der Waals surface area contributed by atoms with Crippen LogP contribution in [0.15, 0.2) is 18.2 Å². The molecule has 3 N–H and O–H groups in total. The third-order valence-electron chi connectivity index (χ3n) is 3.07. The number of benzene rings is 1. The summed E-state index contributed by atoms with van der Waals surface area (Å²) in [6.07, 6.45) is -0.0413. The zero-order valence-electron chi connectivity index (χ0n) is 12.4. The number of nitrogens with one attached hydrogen (secondary N) is 2. The van der Waals surface area contributed by atoms with Crippen LogP contribution < -0.4 is 10.6 Å². The maximum absolute atomic E-state index is 11.8. The Bertz CT molecular complexity index is 534. The second-order valence-electron chi connectivity index (χ2n) is 4.94. The molecular formula is C15H20N2O4. The van der Waals surface area contributed by atoms with Gasteiger partial charge in [0.1, 0.15) is 6.04 Å². The second kappa shape index (κ2) is 7.42. The molecule has 0 aliphatic rings. The molecule has 1 rings (SSSR count). The zero-order valence-corrected chi connectivity index (χ0v) is 12.4. The van der Waals surface area contributed by atoms with Gasteiger partial charge in [-0.25, -0.2) is 0 Å². The van der Waals surface area contributed by atoms with Gasteiger partial charge in [0.2, 0.25) is 11.8 Å². The first-order chi connectivity index (χ1) is 9.81. The van der Waals surface area contributed by atoms with E-state index in [1.807, 2.05) is 32.0 Å². The van der Waals surface area contributed by atoms with Gasteiger partial charge in [-0.3, -0.25) is 14.4 Å². The molecule has 6 heteroatoms. The summed E-state index contributed by atoms with van der Waals surface area (Å²) in [5.41, 5.74) is 2.65. The van der Waals surface area contributed by atoms with Crippen molar-refractivity contribution in [2.24, 2.45) is 0 Å². The molecule has 1 aromatic carbocycles. The number of rotatable bonds is 6. The number of carboxylic acids is 1. The van der Waals surface area contributed by atoms with Crippen molar-refractivity contribution in [3.05, 3.63) is 29.3 Å². The molecule has 0 radical (unpaired) electrons. The molecule has 21 heavy (non-hydrogen) atoms. The SMILES string of the molecule is Cc1cccc(C)c1NC(=O)CCC(=O)NC(C)C(=O)O. The summed E-state index contributed by atoms with van der Waals surface area (Å²) >= 11 is 0. The predicted octanol–water partition coefficient (Wildman–Crippen LogP) is 1.61. The van der Waals surface area contributed by atoms with E-state index in [1.54, 1.807) is 0 Å². The van der Waals surface area contributed by atoms with Crippen molar-refractivity contribution in [2.45, 2.75) is 39.7 Å². The van der Waals surface area contributed by atoms with E-state index in [2.05, 4.69) is 10.6 Å². The lowest BCUT2D eigenvalue weighted by molar-refractivity contribution is -0.141. The summed E-state index contributed by atoms with van der Waals surface area (Å²) in [4.78, 5) is 33.9. The van der Waals surface area contributed by atoms with Crippen LogP contribution in [0.4, 0.5) is 5.69 Å². The quantitative estimate of drug-likeness (QED) is 0.742. The highest BCUT2D eigenvalue weighted by atomic mass is 16.4. The molecule has 0 aromatic heterocycles. The molecule has 1 aromatic rings. The van der Waals surface area contributed by atoms with Gasteiger partial charge in [0.25, 0.3) is 0 Å². The van der Waals surface area contributed by atoms with Gasteiger partial charge in [0.15, 0.2) is 0 Å². The Labute approximate surface area is 123 Å². The van der Waals surface area contributed by atoms with E-state index in [4.69, 9.17) is 5.11 Å². The molecule has 0 saturated heterocycles. The Morgan fingerprint density at radius 3 is 2.14 bits per heavy atom. The Morgan fingerprint density at radius 1 is 1.10 bits per heavy atom. The first-order valence-electron chi connectivity index (χ1n) is 6.69. The van der Waals surface area contributed by atoms with Crippen molar-refractivity contribution in [3.63, 3.8) is 0 Å². The van der Waals surface area contributed by atoms with Gasteiger partial charge in [-0.2, -0.15) is 0 Å². The number of hydrogen-bond donors (Lipinski definition) is 3. The van der Waals surface area contributed by atoms with Gasteiger partial charge in [-0.15, -0.1) is 0 Å². The molecule has 2 amide bonds. The van der Waals surface area contributed by atoms with Crippen LogP contribution in [0, 0.1) is 13.8 Å². The largest absolute Gasteiger partial charge is 0.480 e. The van der Waals surface area contributed by atoms with Crippen molar-refractivity contribution in [2.75, 3.05) is 5.32 Å². The number of carbonyl (C=O) groups excluding carboxylic acids is 2. The number of carboxylic acid groups (broad SMARTS) is 1. The monoisotopic (exact) mass is 292 g/mol. The van der Waals surface area contributed by atoms with Crippen LogP contribution in [0.3, 0.4) is 0 Å². The van der Waals surface area contributed by atoms with E-state index in [9.17, 15) is 14.4 Å². The van der Waals surface area contributed by atoms with Crippen molar-refractivity contribution in [1.29, 1.82) is 0 Å². The van der Waals surface area contributed by atoms with Gasteiger partial charge in [-0.05, 0) is 31.9 Å². The Kier molecular flexibility index (Phi) is 5.90. The number of amides is 2. The topological polar surface area (TPSA) is 95.5 Å². The molecule has 0 spiro atoms. The summed E-state index contributed by atoms with van der Waals surface area (Å²) in [6, 6.07) is 4.73. The lowest BCUT2D eigenvalue weighted by Gasteiger charge is -2.12. The number of para-hydroxylation sites is 1. The fraction of sp³-hybridized carbons (Fsp3) is 0.400. The minimum atomic E-state index is -1.11. The smallest absolute Gasteiger partial charge is 0.325 e. The average Bonchev–Trinajstić information content (AvgIpc) is 2.40.